The molecule has 2 saturated heterocycles. The molecule has 12 unspecified atom stereocenters. The van der Waals surface area contributed by atoms with Crippen molar-refractivity contribution in [2.75, 3.05) is 19.8 Å². The molecule has 9 N–H and O–H groups in total. The second kappa shape index (κ2) is 28.8. The highest BCUT2D eigenvalue weighted by atomic mass is 16.7. The number of unbranched alkanes of at least 4 members (excludes halogenated alkanes) is 14. The van der Waals surface area contributed by atoms with E-state index in [4.69, 9.17) is 18.9 Å². The Morgan fingerprint density at radius 3 is 1.78 bits per heavy atom. The Balaban J connectivity index is 1.91. The van der Waals surface area contributed by atoms with Crippen LogP contribution in [-0.2, 0) is 23.7 Å². The lowest BCUT2D eigenvalue weighted by molar-refractivity contribution is -0.359. The molecule has 0 aromatic heterocycles. The van der Waals surface area contributed by atoms with Gasteiger partial charge in [-0.1, -0.05) is 122 Å². The van der Waals surface area contributed by atoms with Crippen molar-refractivity contribution in [1.29, 1.82) is 0 Å². The molecule has 14 nitrogen and oxygen atoms in total. The van der Waals surface area contributed by atoms with E-state index < -0.39 is 86.8 Å². The van der Waals surface area contributed by atoms with Gasteiger partial charge in [0.05, 0.1) is 32.0 Å². The van der Waals surface area contributed by atoms with E-state index in [0.717, 1.165) is 38.5 Å². The maximum atomic E-state index is 13.0. The molecule has 2 aliphatic heterocycles. The smallest absolute Gasteiger partial charge is 0.220 e. The van der Waals surface area contributed by atoms with Crippen LogP contribution in [-0.4, -0.2) is 140 Å². The lowest BCUT2D eigenvalue weighted by Crippen LogP contribution is -2.65. The Labute approximate surface area is 322 Å². The Morgan fingerprint density at radius 2 is 1.19 bits per heavy atom. The predicted molar refractivity (Wildman–Crippen MR) is 203 cm³/mol. The van der Waals surface area contributed by atoms with Gasteiger partial charge < -0.3 is 65.1 Å². The van der Waals surface area contributed by atoms with Gasteiger partial charge in [-0.05, 0) is 25.7 Å². The van der Waals surface area contributed by atoms with Gasteiger partial charge in [-0.25, -0.2) is 0 Å². The average molecular weight is 776 g/mol. The van der Waals surface area contributed by atoms with Crippen LogP contribution in [0.1, 0.15) is 129 Å². The quantitative estimate of drug-likeness (QED) is 0.0394. The molecule has 2 aliphatic rings. The summed E-state index contributed by atoms with van der Waals surface area (Å²) < 4.78 is 22.5. The number of ether oxygens (including phenoxy) is 4. The fourth-order valence-corrected chi connectivity index (χ4v) is 6.66. The number of carbonyl (C=O) groups is 1. The molecule has 14 heteroatoms. The maximum absolute atomic E-state index is 13.0. The highest BCUT2D eigenvalue weighted by Gasteiger charge is 2.50. The van der Waals surface area contributed by atoms with Gasteiger partial charge in [0.1, 0.15) is 48.8 Å². The molecule has 316 valence electrons. The molecule has 0 aromatic rings. The molecule has 2 heterocycles. The van der Waals surface area contributed by atoms with Gasteiger partial charge in [0.15, 0.2) is 12.6 Å². The minimum absolute atomic E-state index is 0.256. The summed E-state index contributed by atoms with van der Waals surface area (Å²) in [6.07, 6.45) is 9.86. The molecule has 0 radical (unpaired) electrons. The van der Waals surface area contributed by atoms with Crippen molar-refractivity contribution in [3.8, 4) is 0 Å². The van der Waals surface area contributed by atoms with Crippen molar-refractivity contribution in [3.05, 3.63) is 24.3 Å². The zero-order valence-corrected chi connectivity index (χ0v) is 32.7. The number of amides is 1. The number of aliphatic hydroxyl groups is 8. The van der Waals surface area contributed by atoms with Gasteiger partial charge in [-0.15, -0.1) is 0 Å². The highest BCUT2D eigenvalue weighted by Crippen LogP contribution is 2.29. The van der Waals surface area contributed by atoms with E-state index >= 15 is 0 Å². The van der Waals surface area contributed by atoms with Crippen LogP contribution in [0, 0.1) is 0 Å². The van der Waals surface area contributed by atoms with Crippen LogP contribution >= 0.6 is 0 Å². The summed E-state index contributed by atoms with van der Waals surface area (Å²) in [4.78, 5) is 13.0. The van der Waals surface area contributed by atoms with E-state index in [9.17, 15) is 45.6 Å². The number of rotatable bonds is 29. The SMILES string of the molecule is CCC/C=C/CC/C=C/C(O)C(COC1OC(CO)C(OC2OC(CO)C(O)C(O)C2O)C(O)C1O)NC(=O)CCCCCCCCCCCCCCC. The monoisotopic (exact) mass is 776 g/mol. The zero-order valence-electron chi connectivity index (χ0n) is 32.7. The third-order valence-electron chi connectivity index (χ3n) is 10.1. The fraction of sp³-hybridized carbons (Fsp3) is 0.875. The molecule has 2 fully saturated rings. The molecule has 54 heavy (non-hydrogen) atoms. The van der Waals surface area contributed by atoms with E-state index in [2.05, 4.69) is 31.3 Å². The van der Waals surface area contributed by atoms with Gasteiger partial charge in [0.2, 0.25) is 5.91 Å². The fourth-order valence-electron chi connectivity index (χ4n) is 6.66. The first-order valence-corrected chi connectivity index (χ1v) is 20.6. The third kappa shape index (κ3) is 17.7. The summed E-state index contributed by atoms with van der Waals surface area (Å²) in [5.41, 5.74) is 0. The third-order valence-corrected chi connectivity index (χ3v) is 10.1. The van der Waals surface area contributed by atoms with Crippen molar-refractivity contribution in [2.45, 2.75) is 203 Å². The van der Waals surface area contributed by atoms with Crippen LogP contribution in [0.25, 0.3) is 0 Å². The second-order valence-electron chi connectivity index (χ2n) is 14.8. The number of hydrogen-bond donors (Lipinski definition) is 9. The standard InChI is InChI=1S/C40H73NO13/c1-3-5-7-9-11-12-13-14-15-16-18-20-22-24-32(45)41-28(29(44)23-21-19-17-10-8-6-4-2)27-51-39-37(50)35(48)38(31(26-43)53-39)54-40-36(49)34(47)33(46)30(25-42)52-40/h8,10,21,23,28-31,33-40,42-44,46-50H,3-7,9,11-20,22,24-27H2,1-2H3,(H,41,45)/b10-8+,23-21+. The summed E-state index contributed by atoms with van der Waals surface area (Å²) in [5, 5.41) is 85.9. The Kier molecular flexibility index (Phi) is 25.9. The molecule has 12 atom stereocenters. The van der Waals surface area contributed by atoms with Gasteiger partial charge in [0.25, 0.3) is 0 Å². The number of allylic oxidation sites excluding steroid dienone is 3. The molecule has 1 amide bonds. The molecular formula is C40H73NO13. The number of carbonyl (C=O) groups excluding carboxylic acids is 1. The van der Waals surface area contributed by atoms with Crippen LogP contribution < -0.4 is 5.32 Å². The molecular weight excluding hydrogens is 702 g/mol. The van der Waals surface area contributed by atoms with Crippen LogP contribution in [0.2, 0.25) is 0 Å². The molecule has 0 spiro atoms. The second-order valence-corrected chi connectivity index (χ2v) is 14.8. The Hall–Kier alpha value is -1.53. The lowest BCUT2D eigenvalue weighted by Gasteiger charge is -2.46. The van der Waals surface area contributed by atoms with E-state index in [1.54, 1.807) is 6.08 Å². The van der Waals surface area contributed by atoms with Crippen molar-refractivity contribution >= 4 is 5.91 Å². The van der Waals surface area contributed by atoms with E-state index in [1.165, 1.54) is 57.8 Å². The van der Waals surface area contributed by atoms with Crippen LogP contribution in [0.4, 0.5) is 0 Å². The zero-order chi connectivity index (χ0) is 39.7. The normalized spacial score (nSPS) is 30.3. The van der Waals surface area contributed by atoms with Gasteiger partial charge >= 0.3 is 0 Å². The van der Waals surface area contributed by atoms with Crippen LogP contribution in [0.15, 0.2) is 24.3 Å². The number of aliphatic hydroxyl groups excluding tert-OH is 8. The van der Waals surface area contributed by atoms with Gasteiger partial charge in [-0.3, -0.25) is 4.79 Å². The van der Waals surface area contributed by atoms with Gasteiger partial charge in [0, 0.05) is 6.42 Å². The van der Waals surface area contributed by atoms with Crippen LogP contribution in [0.5, 0.6) is 0 Å². The average Bonchev–Trinajstić information content (AvgIpc) is 3.17. The summed E-state index contributed by atoms with van der Waals surface area (Å²) in [5.74, 6) is -0.256. The van der Waals surface area contributed by atoms with E-state index in [0.29, 0.717) is 12.8 Å². The number of hydrogen-bond acceptors (Lipinski definition) is 13. The van der Waals surface area contributed by atoms with Gasteiger partial charge in [-0.2, -0.15) is 0 Å². The topological polar surface area (TPSA) is 228 Å². The largest absolute Gasteiger partial charge is 0.394 e. The summed E-state index contributed by atoms with van der Waals surface area (Å²) in [6.45, 7) is 2.61. The Bertz CT molecular complexity index is 1010. The first kappa shape index (κ1) is 48.6. The maximum Gasteiger partial charge on any atom is 0.220 e. The number of nitrogens with one attached hydrogen (secondary N) is 1. The van der Waals surface area contributed by atoms with Crippen molar-refractivity contribution in [1.82, 2.24) is 5.32 Å². The van der Waals surface area contributed by atoms with Crippen molar-refractivity contribution < 1.29 is 64.6 Å². The summed E-state index contributed by atoms with van der Waals surface area (Å²) >= 11 is 0. The lowest BCUT2D eigenvalue weighted by atomic mass is 9.97. The predicted octanol–water partition coefficient (Wildman–Crippen LogP) is 2.65. The van der Waals surface area contributed by atoms with E-state index in [-0.39, 0.29) is 18.9 Å². The summed E-state index contributed by atoms with van der Waals surface area (Å²) in [7, 11) is 0. The van der Waals surface area contributed by atoms with Crippen molar-refractivity contribution in [2.24, 2.45) is 0 Å². The van der Waals surface area contributed by atoms with Crippen LogP contribution in [0.3, 0.4) is 0 Å². The van der Waals surface area contributed by atoms with Crippen molar-refractivity contribution in [3.63, 3.8) is 0 Å². The first-order valence-electron chi connectivity index (χ1n) is 20.6. The van der Waals surface area contributed by atoms with E-state index in [1.807, 2.05) is 6.08 Å². The molecule has 0 bridgehead atoms. The molecule has 0 aliphatic carbocycles. The first-order chi connectivity index (χ1) is 26.1. The minimum atomic E-state index is -1.79. The molecule has 0 saturated carbocycles. The Morgan fingerprint density at radius 1 is 0.648 bits per heavy atom. The molecule has 2 rings (SSSR count). The summed E-state index contributed by atoms with van der Waals surface area (Å²) in [6, 6.07) is -0.921. The highest BCUT2D eigenvalue weighted by molar-refractivity contribution is 5.76. The molecule has 0 aromatic carbocycles. The minimum Gasteiger partial charge on any atom is -0.394 e.